The van der Waals surface area contributed by atoms with Crippen LogP contribution in [0.4, 0.5) is 0 Å². The van der Waals surface area contributed by atoms with Gasteiger partial charge in [-0.3, -0.25) is 0 Å². The maximum atomic E-state index is 4.74. The molecular formula is C14H17N3. The Balaban J connectivity index is 1.96. The highest BCUT2D eigenvalue weighted by molar-refractivity contribution is 5.61. The summed E-state index contributed by atoms with van der Waals surface area (Å²) in [7, 11) is 0. The highest BCUT2D eigenvalue weighted by Crippen LogP contribution is 2.26. The molecule has 17 heavy (non-hydrogen) atoms. The van der Waals surface area contributed by atoms with Crippen LogP contribution in [0, 0.1) is 6.92 Å². The number of benzene rings is 1. The first-order valence-corrected chi connectivity index (χ1v) is 6.20. The fraction of sp³-hybridized carbons (Fsp3) is 0.357. The third-order valence-corrected chi connectivity index (χ3v) is 3.34. The van der Waals surface area contributed by atoms with Crippen LogP contribution in [0.1, 0.15) is 30.4 Å². The molecule has 1 atom stereocenters. The summed E-state index contributed by atoms with van der Waals surface area (Å²) >= 11 is 0. The van der Waals surface area contributed by atoms with Crippen LogP contribution in [-0.4, -0.2) is 16.5 Å². The van der Waals surface area contributed by atoms with E-state index in [-0.39, 0.29) is 0 Å². The lowest BCUT2D eigenvalue weighted by molar-refractivity contribution is 0.612. The van der Waals surface area contributed by atoms with Crippen molar-refractivity contribution < 1.29 is 0 Å². The molecule has 2 aromatic rings. The Hall–Kier alpha value is -1.61. The lowest BCUT2D eigenvalue weighted by Crippen LogP contribution is -2.14. The van der Waals surface area contributed by atoms with Crippen LogP contribution in [0.25, 0.3) is 11.3 Å². The number of aryl methyl sites for hydroxylation is 1. The van der Waals surface area contributed by atoms with Crippen LogP contribution in [0.2, 0.25) is 0 Å². The van der Waals surface area contributed by atoms with Gasteiger partial charge >= 0.3 is 0 Å². The molecule has 2 N–H and O–H groups in total. The van der Waals surface area contributed by atoms with E-state index < -0.39 is 0 Å². The zero-order chi connectivity index (χ0) is 11.7. The zero-order valence-corrected chi connectivity index (χ0v) is 10.0. The second-order valence-corrected chi connectivity index (χ2v) is 4.61. The average Bonchev–Trinajstić information content (AvgIpc) is 2.99. The highest BCUT2D eigenvalue weighted by atomic mass is 15.0. The Morgan fingerprint density at radius 1 is 1.24 bits per heavy atom. The Bertz CT molecular complexity index is 495. The van der Waals surface area contributed by atoms with Crippen molar-refractivity contribution in [3.05, 3.63) is 41.9 Å². The predicted octanol–water partition coefficient (Wildman–Crippen LogP) is 2.81. The molecule has 1 aliphatic rings. The molecule has 0 saturated carbocycles. The van der Waals surface area contributed by atoms with Crippen molar-refractivity contribution in [3.8, 4) is 11.3 Å². The number of H-pyrrole nitrogens is 1. The summed E-state index contributed by atoms with van der Waals surface area (Å²) in [4.78, 5) is 8.16. The van der Waals surface area contributed by atoms with E-state index in [0.717, 1.165) is 23.8 Å². The van der Waals surface area contributed by atoms with Crippen LogP contribution in [0.15, 0.2) is 30.3 Å². The van der Waals surface area contributed by atoms with Crippen LogP contribution in [0.3, 0.4) is 0 Å². The number of nitrogens with one attached hydrogen (secondary N) is 2. The Kier molecular flexibility index (Phi) is 2.69. The molecule has 1 aliphatic heterocycles. The van der Waals surface area contributed by atoms with Crippen molar-refractivity contribution in [2.45, 2.75) is 25.8 Å². The standard InChI is InChI=1S/C14H17N3/c1-10-13(11-6-3-2-4-7-11)17-14(16-10)12-8-5-9-15-12/h2-4,6-7,12,15H,5,8-9H2,1H3,(H,16,17)/t12-/m1/s1. The SMILES string of the molecule is Cc1[nH]c([C@H]2CCCN2)nc1-c1ccccc1. The summed E-state index contributed by atoms with van der Waals surface area (Å²) in [6.45, 7) is 3.19. The van der Waals surface area contributed by atoms with Gasteiger partial charge in [-0.05, 0) is 26.3 Å². The van der Waals surface area contributed by atoms with E-state index in [2.05, 4.69) is 41.5 Å². The summed E-state index contributed by atoms with van der Waals surface area (Å²) in [5, 5.41) is 3.47. The van der Waals surface area contributed by atoms with Gasteiger partial charge in [-0.15, -0.1) is 0 Å². The molecule has 88 valence electrons. The number of rotatable bonds is 2. The summed E-state index contributed by atoms with van der Waals surface area (Å²) in [5.41, 5.74) is 3.42. The van der Waals surface area contributed by atoms with E-state index in [1.807, 2.05) is 6.07 Å². The van der Waals surface area contributed by atoms with Gasteiger partial charge in [-0.2, -0.15) is 0 Å². The van der Waals surface area contributed by atoms with E-state index >= 15 is 0 Å². The van der Waals surface area contributed by atoms with E-state index in [1.54, 1.807) is 0 Å². The van der Waals surface area contributed by atoms with E-state index in [1.165, 1.54) is 18.4 Å². The maximum absolute atomic E-state index is 4.74. The molecule has 1 fully saturated rings. The number of imidazole rings is 1. The van der Waals surface area contributed by atoms with Crippen LogP contribution in [-0.2, 0) is 0 Å². The molecule has 1 aromatic heterocycles. The molecule has 0 bridgehead atoms. The molecule has 1 saturated heterocycles. The van der Waals surface area contributed by atoms with Gasteiger partial charge in [0.15, 0.2) is 0 Å². The monoisotopic (exact) mass is 227 g/mol. The Morgan fingerprint density at radius 3 is 2.76 bits per heavy atom. The minimum atomic E-state index is 0.408. The number of hydrogen-bond donors (Lipinski definition) is 2. The fourth-order valence-corrected chi connectivity index (χ4v) is 2.44. The van der Waals surface area contributed by atoms with Crippen LogP contribution in [0.5, 0.6) is 0 Å². The van der Waals surface area contributed by atoms with Crippen molar-refractivity contribution >= 4 is 0 Å². The molecule has 3 nitrogen and oxygen atoms in total. The summed E-state index contributed by atoms with van der Waals surface area (Å²) < 4.78 is 0. The van der Waals surface area contributed by atoms with E-state index in [4.69, 9.17) is 4.98 Å². The van der Waals surface area contributed by atoms with E-state index in [9.17, 15) is 0 Å². The second-order valence-electron chi connectivity index (χ2n) is 4.61. The van der Waals surface area contributed by atoms with Crippen LogP contribution >= 0.6 is 0 Å². The summed E-state index contributed by atoms with van der Waals surface area (Å²) in [6.07, 6.45) is 2.42. The lowest BCUT2D eigenvalue weighted by atomic mass is 10.1. The lowest BCUT2D eigenvalue weighted by Gasteiger charge is -2.04. The summed E-state index contributed by atoms with van der Waals surface area (Å²) in [5.74, 6) is 1.08. The molecule has 0 aliphatic carbocycles. The molecule has 3 rings (SSSR count). The molecule has 3 heteroatoms. The quantitative estimate of drug-likeness (QED) is 0.828. The average molecular weight is 227 g/mol. The van der Waals surface area contributed by atoms with Crippen molar-refractivity contribution in [1.29, 1.82) is 0 Å². The molecular weight excluding hydrogens is 210 g/mol. The largest absolute Gasteiger partial charge is 0.344 e. The van der Waals surface area contributed by atoms with Crippen molar-refractivity contribution in [1.82, 2.24) is 15.3 Å². The number of aromatic nitrogens is 2. The van der Waals surface area contributed by atoms with Crippen molar-refractivity contribution in [3.63, 3.8) is 0 Å². The minimum absolute atomic E-state index is 0.408. The van der Waals surface area contributed by atoms with Crippen molar-refractivity contribution in [2.75, 3.05) is 6.54 Å². The van der Waals surface area contributed by atoms with E-state index in [0.29, 0.717) is 6.04 Å². The van der Waals surface area contributed by atoms with Gasteiger partial charge in [0.25, 0.3) is 0 Å². The van der Waals surface area contributed by atoms with Gasteiger partial charge < -0.3 is 10.3 Å². The number of nitrogens with zero attached hydrogens (tertiary/aromatic N) is 1. The third-order valence-electron chi connectivity index (χ3n) is 3.34. The molecule has 0 spiro atoms. The molecule has 0 radical (unpaired) electrons. The maximum Gasteiger partial charge on any atom is 0.124 e. The topological polar surface area (TPSA) is 40.7 Å². The summed E-state index contributed by atoms with van der Waals surface area (Å²) in [6, 6.07) is 10.8. The smallest absolute Gasteiger partial charge is 0.124 e. The van der Waals surface area contributed by atoms with Gasteiger partial charge in [-0.1, -0.05) is 30.3 Å². The highest BCUT2D eigenvalue weighted by Gasteiger charge is 2.20. The Morgan fingerprint density at radius 2 is 2.06 bits per heavy atom. The zero-order valence-electron chi connectivity index (χ0n) is 10.0. The molecule has 2 heterocycles. The second kappa shape index (κ2) is 4.34. The first kappa shape index (κ1) is 10.5. The first-order chi connectivity index (χ1) is 8.34. The molecule has 0 amide bonds. The number of hydrogen-bond acceptors (Lipinski definition) is 2. The molecule has 0 unspecified atom stereocenters. The predicted molar refractivity (Wildman–Crippen MR) is 68.7 cm³/mol. The van der Waals surface area contributed by atoms with Crippen LogP contribution < -0.4 is 5.32 Å². The fourth-order valence-electron chi connectivity index (χ4n) is 2.44. The van der Waals surface area contributed by atoms with Gasteiger partial charge in [-0.25, -0.2) is 4.98 Å². The Labute approximate surface area is 101 Å². The molecule has 1 aromatic carbocycles. The first-order valence-electron chi connectivity index (χ1n) is 6.20. The van der Waals surface area contributed by atoms with Gasteiger partial charge in [0.2, 0.25) is 0 Å². The number of aromatic amines is 1. The minimum Gasteiger partial charge on any atom is -0.344 e. The van der Waals surface area contributed by atoms with Gasteiger partial charge in [0.05, 0.1) is 11.7 Å². The van der Waals surface area contributed by atoms with Gasteiger partial charge in [0.1, 0.15) is 5.82 Å². The normalized spacial score (nSPS) is 19.7. The van der Waals surface area contributed by atoms with Crippen molar-refractivity contribution in [2.24, 2.45) is 0 Å². The third kappa shape index (κ3) is 1.98. The van der Waals surface area contributed by atoms with Gasteiger partial charge in [0, 0.05) is 11.3 Å².